The summed E-state index contributed by atoms with van der Waals surface area (Å²) in [5.74, 6) is 0. The van der Waals surface area contributed by atoms with Crippen LogP contribution in [0.3, 0.4) is 0 Å². The minimum absolute atomic E-state index is 0.0336. The van der Waals surface area contributed by atoms with E-state index in [1.807, 2.05) is 12.1 Å². The Hall–Kier alpha value is -6.64. The molecule has 2 aliphatic carbocycles. The molecule has 0 spiro atoms. The van der Waals surface area contributed by atoms with Crippen LogP contribution in [-0.2, 0) is 5.41 Å². The van der Waals surface area contributed by atoms with Gasteiger partial charge in [-0.1, -0.05) is 153 Å². The Balaban J connectivity index is 0.983. The van der Waals surface area contributed by atoms with Crippen molar-refractivity contribution >= 4 is 60.4 Å². The van der Waals surface area contributed by atoms with E-state index in [1.165, 1.54) is 82.8 Å². The summed E-state index contributed by atoms with van der Waals surface area (Å²) < 4.78 is 6.18. The Bertz CT molecular complexity index is 3040. The van der Waals surface area contributed by atoms with Crippen LogP contribution in [0.15, 0.2) is 186 Å². The number of hydrogen-bond donors (Lipinski definition) is 0. The quantitative estimate of drug-likeness (QED) is 0.177. The topological polar surface area (TPSA) is 16.4 Å². The molecule has 0 amide bonds. The number of hydrogen-bond acceptors (Lipinski definition) is 2. The molecule has 1 aromatic heterocycles. The fourth-order valence-corrected chi connectivity index (χ4v) is 9.41. The van der Waals surface area contributed by atoms with Crippen LogP contribution >= 0.6 is 0 Å². The van der Waals surface area contributed by atoms with Crippen molar-refractivity contribution in [2.24, 2.45) is 0 Å². The molecule has 262 valence electrons. The lowest BCUT2D eigenvalue weighted by Crippen LogP contribution is -2.30. The van der Waals surface area contributed by atoms with Gasteiger partial charge in [0.25, 0.3) is 0 Å². The zero-order valence-electron chi connectivity index (χ0n) is 31.0. The molecule has 55 heavy (non-hydrogen) atoms. The Kier molecular flexibility index (Phi) is 7.06. The molecular weight excluding hydrogens is 667 g/mol. The Morgan fingerprint density at radius 2 is 1.25 bits per heavy atom. The predicted molar refractivity (Wildman–Crippen MR) is 232 cm³/mol. The minimum atomic E-state index is -0.0336. The fraction of sp³-hybridized carbons (Fsp3) is 0.0943. The summed E-state index contributed by atoms with van der Waals surface area (Å²) in [5, 5.41) is 7.34. The van der Waals surface area contributed by atoms with Crippen LogP contribution in [0, 0.1) is 0 Å². The molecule has 2 nitrogen and oxygen atoms in total. The lowest BCUT2D eigenvalue weighted by Gasteiger charge is -2.34. The average Bonchev–Trinajstić information content (AvgIpc) is 3.73. The van der Waals surface area contributed by atoms with Crippen LogP contribution < -0.4 is 4.90 Å². The van der Waals surface area contributed by atoms with Crippen molar-refractivity contribution < 1.29 is 4.42 Å². The van der Waals surface area contributed by atoms with Crippen LogP contribution in [-0.4, -0.2) is 6.04 Å². The number of fused-ring (bicyclic) bond motifs is 9. The molecule has 9 aromatic rings. The van der Waals surface area contributed by atoms with E-state index in [0.717, 1.165) is 23.0 Å². The van der Waals surface area contributed by atoms with Crippen molar-refractivity contribution in [1.29, 1.82) is 0 Å². The maximum absolute atomic E-state index is 6.18. The second kappa shape index (κ2) is 12.2. The number of furan rings is 1. The highest BCUT2D eigenvalue weighted by molar-refractivity contribution is 6.19. The molecule has 0 aliphatic heterocycles. The highest BCUT2D eigenvalue weighted by Crippen LogP contribution is 2.50. The normalized spacial score (nSPS) is 15.7. The lowest BCUT2D eigenvalue weighted by molar-refractivity contribution is 0.660. The van der Waals surface area contributed by atoms with Gasteiger partial charge >= 0.3 is 0 Å². The van der Waals surface area contributed by atoms with Gasteiger partial charge < -0.3 is 9.32 Å². The second-order valence-corrected chi connectivity index (χ2v) is 15.6. The first-order chi connectivity index (χ1) is 27.0. The molecule has 0 saturated carbocycles. The molecule has 2 heteroatoms. The van der Waals surface area contributed by atoms with E-state index in [1.54, 1.807) is 0 Å². The van der Waals surface area contributed by atoms with E-state index in [4.69, 9.17) is 4.42 Å². The number of benzene rings is 8. The number of rotatable bonds is 5. The van der Waals surface area contributed by atoms with Gasteiger partial charge in [-0.25, -0.2) is 0 Å². The number of nitrogens with zero attached hydrogens (tertiary/aromatic N) is 1. The summed E-state index contributed by atoms with van der Waals surface area (Å²) in [5.41, 5.74) is 14.7. The first kappa shape index (κ1) is 31.8. The highest BCUT2D eigenvalue weighted by Gasteiger charge is 2.36. The largest absolute Gasteiger partial charge is 0.456 e. The molecule has 0 bridgehead atoms. The van der Waals surface area contributed by atoms with Gasteiger partial charge in [-0.15, -0.1) is 0 Å². The zero-order valence-corrected chi connectivity index (χ0v) is 31.0. The van der Waals surface area contributed by atoms with Crippen LogP contribution in [0.2, 0.25) is 0 Å². The third-order valence-electron chi connectivity index (χ3n) is 12.2. The molecule has 1 unspecified atom stereocenters. The van der Waals surface area contributed by atoms with E-state index in [9.17, 15) is 0 Å². The molecule has 8 aromatic carbocycles. The number of anilines is 2. The standard InChI is InChI=1S/C53H39NO/c1-53(2)48-16-7-5-13-45(48)47-33-41(28-30-49(47)53)54(40-26-20-36(21-27-40)43-15-9-11-35-10-3-4-12-42(35)43)39-24-18-34(19-25-39)37-22-29-44-38(32-37)23-31-51-52(44)46-14-6-8-17-50(46)55-51/h3-26,28-33,40H,27H2,1-2H3. The monoisotopic (exact) mass is 705 g/mol. The van der Waals surface area contributed by atoms with Gasteiger partial charge in [0.05, 0.1) is 6.04 Å². The van der Waals surface area contributed by atoms with Crippen LogP contribution in [0.1, 0.15) is 37.0 Å². The molecule has 0 fully saturated rings. The molecular formula is C53H39NO. The van der Waals surface area contributed by atoms with E-state index in [2.05, 4.69) is 189 Å². The number of para-hydroxylation sites is 1. The van der Waals surface area contributed by atoms with E-state index in [-0.39, 0.29) is 11.5 Å². The van der Waals surface area contributed by atoms with Gasteiger partial charge in [0.15, 0.2) is 0 Å². The van der Waals surface area contributed by atoms with Crippen molar-refractivity contribution in [2.75, 3.05) is 4.90 Å². The number of allylic oxidation sites excluding steroid dienone is 2. The SMILES string of the molecule is CC1(C)c2ccccc2-c2cc(N(c3ccc(-c4ccc5c(ccc6oc7ccccc7c65)c4)cc3)C3C=CC(c4cccc5ccccc45)=CC3)ccc21. The van der Waals surface area contributed by atoms with E-state index in [0.29, 0.717) is 0 Å². The summed E-state index contributed by atoms with van der Waals surface area (Å²) in [6, 6.07) is 60.1. The lowest BCUT2D eigenvalue weighted by atomic mass is 9.82. The second-order valence-electron chi connectivity index (χ2n) is 15.6. The maximum atomic E-state index is 6.18. The third kappa shape index (κ3) is 5.02. The summed E-state index contributed by atoms with van der Waals surface area (Å²) in [6.07, 6.45) is 8.06. The predicted octanol–water partition coefficient (Wildman–Crippen LogP) is 14.4. The highest BCUT2D eigenvalue weighted by atomic mass is 16.3. The van der Waals surface area contributed by atoms with Crippen molar-refractivity contribution in [3.63, 3.8) is 0 Å². The first-order valence-electron chi connectivity index (χ1n) is 19.4. The molecule has 1 heterocycles. The van der Waals surface area contributed by atoms with Gasteiger partial charge in [-0.3, -0.25) is 0 Å². The summed E-state index contributed by atoms with van der Waals surface area (Å²) in [7, 11) is 0. The van der Waals surface area contributed by atoms with Crippen molar-refractivity contribution in [2.45, 2.75) is 31.7 Å². The molecule has 2 aliphatic rings. The van der Waals surface area contributed by atoms with Gasteiger partial charge in [-0.2, -0.15) is 0 Å². The van der Waals surface area contributed by atoms with Gasteiger partial charge in [-0.05, 0) is 115 Å². The molecule has 1 atom stereocenters. The first-order valence-corrected chi connectivity index (χ1v) is 19.4. The average molecular weight is 706 g/mol. The Morgan fingerprint density at radius 1 is 0.527 bits per heavy atom. The van der Waals surface area contributed by atoms with Gasteiger partial charge in [0, 0.05) is 27.6 Å². The van der Waals surface area contributed by atoms with E-state index >= 15 is 0 Å². The fourth-order valence-electron chi connectivity index (χ4n) is 9.41. The van der Waals surface area contributed by atoms with Crippen LogP contribution in [0.25, 0.3) is 71.3 Å². The maximum Gasteiger partial charge on any atom is 0.136 e. The smallest absolute Gasteiger partial charge is 0.136 e. The summed E-state index contributed by atoms with van der Waals surface area (Å²) in [6.45, 7) is 4.70. The van der Waals surface area contributed by atoms with Crippen LogP contribution in [0.4, 0.5) is 11.4 Å². The van der Waals surface area contributed by atoms with Crippen molar-refractivity contribution in [3.05, 3.63) is 199 Å². The molecule has 0 radical (unpaired) electrons. The molecule has 0 N–H and O–H groups in total. The molecule has 11 rings (SSSR count). The van der Waals surface area contributed by atoms with Crippen molar-refractivity contribution in [3.8, 4) is 22.3 Å². The summed E-state index contributed by atoms with van der Waals surface area (Å²) >= 11 is 0. The van der Waals surface area contributed by atoms with Crippen molar-refractivity contribution in [1.82, 2.24) is 0 Å². The Morgan fingerprint density at radius 3 is 2.13 bits per heavy atom. The van der Waals surface area contributed by atoms with Crippen LogP contribution in [0.5, 0.6) is 0 Å². The molecule has 0 saturated heterocycles. The third-order valence-corrected chi connectivity index (χ3v) is 12.2. The van der Waals surface area contributed by atoms with E-state index < -0.39 is 0 Å². The summed E-state index contributed by atoms with van der Waals surface area (Å²) in [4.78, 5) is 2.53. The minimum Gasteiger partial charge on any atom is -0.456 e. The van der Waals surface area contributed by atoms with Gasteiger partial charge in [0.2, 0.25) is 0 Å². The van der Waals surface area contributed by atoms with Gasteiger partial charge in [0.1, 0.15) is 11.2 Å². The Labute approximate surface area is 321 Å². The zero-order chi connectivity index (χ0) is 36.7.